The smallest absolute Gasteiger partial charge is 0.243 e. The molecule has 2 unspecified atom stereocenters. The van der Waals surface area contributed by atoms with E-state index in [0.717, 1.165) is 104 Å². The number of hydrogen-bond donors (Lipinski definition) is 6. The lowest BCUT2D eigenvalue weighted by Crippen LogP contribution is -2.41. The first-order valence-electron chi connectivity index (χ1n) is 25.0. The maximum atomic E-state index is 11.8. The number of anilines is 5. The van der Waals surface area contributed by atoms with Crippen LogP contribution in [0.4, 0.5) is 29.2 Å². The lowest BCUT2D eigenvalue weighted by atomic mass is 9.90. The summed E-state index contributed by atoms with van der Waals surface area (Å²) >= 11 is 0. The van der Waals surface area contributed by atoms with Crippen LogP contribution < -0.4 is 31.9 Å². The van der Waals surface area contributed by atoms with Gasteiger partial charge in [-0.15, -0.1) is 0 Å². The number of nitrogens with one attached hydrogen (secondary N) is 6. The fourth-order valence-corrected chi connectivity index (χ4v) is 9.81. The van der Waals surface area contributed by atoms with Crippen molar-refractivity contribution in [2.75, 3.05) is 49.5 Å². The lowest BCUT2D eigenvalue weighted by molar-refractivity contribution is -0.117. The molecule has 6 N–H and O–H groups in total. The Morgan fingerprint density at radius 3 is 1.71 bits per heavy atom. The molecule has 18 nitrogen and oxygen atoms in total. The van der Waals surface area contributed by atoms with Gasteiger partial charge < -0.3 is 50.8 Å². The fraction of sp³-hybridized carbons (Fsp3) is 0.569. The van der Waals surface area contributed by atoms with Crippen LogP contribution in [-0.2, 0) is 16.1 Å². The summed E-state index contributed by atoms with van der Waals surface area (Å²) in [6.07, 6.45) is 19.3. The van der Waals surface area contributed by atoms with E-state index in [1.165, 1.54) is 25.0 Å². The van der Waals surface area contributed by atoms with Crippen LogP contribution in [0.15, 0.2) is 62.2 Å². The van der Waals surface area contributed by atoms with Crippen molar-refractivity contribution in [2.45, 2.75) is 160 Å². The number of aromatic nitrogens is 8. The summed E-state index contributed by atoms with van der Waals surface area (Å²) in [5.74, 6) is 2.40. The van der Waals surface area contributed by atoms with E-state index in [2.05, 4.69) is 130 Å². The van der Waals surface area contributed by atoms with Crippen molar-refractivity contribution in [1.29, 1.82) is 0 Å². The van der Waals surface area contributed by atoms with E-state index in [4.69, 9.17) is 19.9 Å². The molecule has 3 aliphatic carbocycles. The number of fused-ring (bicyclic) bond motifs is 2. The molecule has 3 aliphatic rings. The molecule has 8 rings (SSSR count). The van der Waals surface area contributed by atoms with E-state index in [-0.39, 0.29) is 36.0 Å². The van der Waals surface area contributed by atoms with Crippen molar-refractivity contribution in [3.8, 4) is 0 Å². The zero-order valence-corrected chi connectivity index (χ0v) is 42.1. The predicted octanol–water partition coefficient (Wildman–Crippen LogP) is 7.95. The molecule has 69 heavy (non-hydrogen) atoms. The molecular weight excluding hydrogens is 869 g/mol. The average molecular weight is 945 g/mol. The molecule has 5 aromatic rings. The molecule has 0 radical (unpaired) electrons. The van der Waals surface area contributed by atoms with Gasteiger partial charge >= 0.3 is 0 Å². The normalized spacial score (nSPS) is 21.7. The number of carbonyl (C=O) groups is 2. The zero-order chi connectivity index (χ0) is 49.2. The summed E-state index contributed by atoms with van der Waals surface area (Å²) < 4.78 is 4.17. The van der Waals surface area contributed by atoms with Gasteiger partial charge in [0.25, 0.3) is 0 Å². The third-order valence-corrected chi connectivity index (χ3v) is 13.9. The van der Waals surface area contributed by atoms with Crippen LogP contribution >= 0.6 is 0 Å². The van der Waals surface area contributed by atoms with Crippen molar-refractivity contribution in [3.63, 3.8) is 0 Å². The minimum absolute atomic E-state index is 0.110. The second-order valence-electron chi connectivity index (χ2n) is 20.0. The SMILES string of the molecule is C=CC(=O)NC1CCCC(Nc2nc(NC3CCC(N(C)C)CC3)nc3c2ncn3C(C)C)C1.C=CC(=O)NCc1cccc(Nc2nc(NC3CCC(N(C)C)CC3)nc3c2ncn3C(C)C)c1. The predicted molar refractivity (Wildman–Crippen MR) is 278 cm³/mol. The summed E-state index contributed by atoms with van der Waals surface area (Å²) in [4.78, 5) is 56.7. The van der Waals surface area contributed by atoms with Crippen LogP contribution in [0.1, 0.15) is 122 Å². The molecule has 0 saturated heterocycles. The first kappa shape index (κ1) is 50.7. The Labute approximate surface area is 408 Å². The van der Waals surface area contributed by atoms with Crippen molar-refractivity contribution < 1.29 is 9.59 Å². The van der Waals surface area contributed by atoms with E-state index >= 15 is 0 Å². The van der Waals surface area contributed by atoms with Crippen LogP contribution in [0.2, 0.25) is 0 Å². The van der Waals surface area contributed by atoms with E-state index in [1.54, 1.807) is 0 Å². The first-order valence-corrected chi connectivity index (χ1v) is 25.0. The highest BCUT2D eigenvalue weighted by Gasteiger charge is 2.28. The summed E-state index contributed by atoms with van der Waals surface area (Å²) in [6.45, 7) is 16.0. The van der Waals surface area contributed by atoms with Crippen LogP contribution in [0.5, 0.6) is 0 Å². The number of amides is 2. The van der Waals surface area contributed by atoms with Gasteiger partial charge in [-0.05, 0) is 163 Å². The van der Waals surface area contributed by atoms with E-state index in [1.807, 2.05) is 36.9 Å². The second kappa shape index (κ2) is 23.4. The van der Waals surface area contributed by atoms with Gasteiger partial charge in [-0.1, -0.05) is 25.3 Å². The van der Waals surface area contributed by atoms with Crippen molar-refractivity contribution in [3.05, 3.63) is 67.8 Å². The molecule has 372 valence electrons. The van der Waals surface area contributed by atoms with Crippen LogP contribution in [0.3, 0.4) is 0 Å². The van der Waals surface area contributed by atoms with Crippen LogP contribution in [0, 0.1) is 0 Å². The molecule has 18 heteroatoms. The molecule has 3 fully saturated rings. The Bertz CT molecular complexity index is 2510. The van der Waals surface area contributed by atoms with Gasteiger partial charge in [0.05, 0.1) is 12.7 Å². The summed E-state index contributed by atoms with van der Waals surface area (Å²) in [5.41, 5.74) is 5.02. The largest absolute Gasteiger partial charge is 0.365 e. The highest BCUT2D eigenvalue weighted by atomic mass is 16.2. The molecular formula is C51H76N16O2. The van der Waals surface area contributed by atoms with Crippen LogP contribution in [0.25, 0.3) is 22.3 Å². The van der Waals surface area contributed by atoms with Gasteiger partial charge in [0.1, 0.15) is 0 Å². The molecule has 0 bridgehead atoms. The number of carbonyl (C=O) groups excluding carboxylic acids is 2. The Morgan fingerprint density at radius 2 is 1.19 bits per heavy atom. The zero-order valence-electron chi connectivity index (χ0n) is 42.1. The van der Waals surface area contributed by atoms with E-state index in [0.29, 0.717) is 48.4 Å². The number of hydrogen-bond acceptors (Lipinski definition) is 14. The fourth-order valence-electron chi connectivity index (χ4n) is 9.81. The van der Waals surface area contributed by atoms with Gasteiger partial charge in [-0.2, -0.15) is 19.9 Å². The Kier molecular flexibility index (Phi) is 17.2. The summed E-state index contributed by atoms with van der Waals surface area (Å²) in [5, 5.41) is 20.1. The average Bonchev–Trinajstić information content (AvgIpc) is 3.97. The van der Waals surface area contributed by atoms with Gasteiger partial charge in [-0.3, -0.25) is 9.59 Å². The molecule has 2 atom stereocenters. The van der Waals surface area contributed by atoms with Crippen molar-refractivity contribution >= 4 is 63.4 Å². The van der Waals surface area contributed by atoms with Gasteiger partial charge in [0.15, 0.2) is 34.0 Å². The topological polar surface area (TPSA) is 200 Å². The lowest BCUT2D eigenvalue weighted by Gasteiger charge is -2.33. The number of rotatable bonds is 17. The molecule has 3 saturated carbocycles. The number of benzene rings is 1. The minimum atomic E-state index is -0.199. The van der Waals surface area contributed by atoms with Gasteiger partial charge in [0, 0.05) is 60.6 Å². The molecule has 4 aromatic heterocycles. The molecule has 2 amide bonds. The Hall–Kier alpha value is -6.14. The monoisotopic (exact) mass is 945 g/mol. The standard InChI is InChI=1S/C26H36N8O.C25H40N8O/c1-6-22(35)27-15-18-8-7-9-20(14-18)29-24-23-25(34(16-28-23)17(2)3)32-26(31-24)30-19-10-12-21(13-11-19)33(4)5;1-6-21(34)27-18-8-7-9-19(14-18)28-23-22-24(33(15-26-22)16(2)3)31-25(30-23)29-17-10-12-20(13-11-17)32(4)5/h6-9,14,16-17,19,21H,1,10-13,15H2,2-5H3,(H,27,35)(H2,29,30,31,32);6,15-20H,1,7-14H2,2-5H3,(H,27,34)(H2,28,29,30,31). The maximum Gasteiger partial charge on any atom is 0.243 e. The van der Waals surface area contributed by atoms with E-state index < -0.39 is 0 Å². The van der Waals surface area contributed by atoms with Gasteiger partial charge in [0.2, 0.25) is 23.7 Å². The number of nitrogens with zero attached hydrogens (tertiary/aromatic N) is 10. The molecule has 1 aromatic carbocycles. The quantitative estimate of drug-likeness (QED) is 0.0491. The molecule has 0 spiro atoms. The van der Waals surface area contributed by atoms with Crippen LogP contribution in [-0.4, -0.2) is 125 Å². The summed E-state index contributed by atoms with van der Waals surface area (Å²) in [6, 6.07) is 10.7. The minimum Gasteiger partial charge on any atom is -0.365 e. The Morgan fingerprint density at radius 1 is 0.667 bits per heavy atom. The third kappa shape index (κ3) is 13.3. The highest BCUT2D eigenvalue weighted by molar-refractivity contribution is 5.88. The van der Waals surface area contributed by atoms with Crippen molar-refractivity contribution in [1.82, 2.24) is 59.5 Å². The maximum absolute atomic E-state index is 11.8. The van der Waals surface area contributed by atoms with Crippen molar-refractivity contribution in [2.24, 2.45) is 0 Å². The molecule has 4 heterocycles. The third-order valence-electron chi connectivity index (χ3n) is 13.9. The molecule has 0 aliphatic heterocycles. The van der Waals surface area contributed by atoms with Gasteiger partial charge in [-0.25, -0.2) is 9.97 Å². The second-order valence-corrected chi connectivity index (χ2v) is 20.0. The summed E-state index contributed by atoms with van der Waals surface area (Å²) in [7, 11) is 8.64. The van der Waals surface area contributed by atoms with E-state index in [9.17, 15) is 9.59 Å². The first-order chi connectivity index (χ1) is 33.2. The highest BCUT2D eigenvalue weighted by Crippen LogP contribution is 2.31. The Balaban J connectivity index is 0.000000204. The number of imidazole rings is 2.